The van der Waals surface area contributed by atoms with E-state index in [4.69, 9.17) is 0 Å². The SMILES string of the molecule is C=C/C=C(\C=C/C)c1ccc(N(c2ccc(-c3ccccc3)cc2)c2ccc(-c3ccccc3-c3cccc4ccccc34)c(-c3ccccc3)c2)cc1. The van der Waals surface area contributed by atoms with Crippen molar-refractivity contribution in [2.24, 2.45) is 0 Å². The largest absolute Gasteiger partial charge is 0.310 e. The first-order chi connectivity index (χ1) is 26.7. The molecule has 0 spiro atoms. The zero-order chi connectivity index (χ0) is 36.7. The molecule has 1 nitrogen and oxygen atoms in total. The second kappa shape index (κ2) is 15.7. The van der Waals surface area contributed by atoms with Crippen molar-refractivity contribution >= 4 is 33.4 Å². The van der Waals surface area contributed by atoms with Crippen LogP contribution in [0.2, 0.25) is 0 Å². The van der Waals surface area contributed by atoms with E-state index in [0.29, 0.717) is 0 Å². The maximum absolute atomic E-state index is 3.94. The van der Waals surface area contributed by atoms with Crippen LogP contribution < -0.4 is 4.90 Å². The molecule has 0 aromatic heterocycles. The minimum absolute atomic E-state index is 1.08. The van der Waals surface area contributed by atoms with Crippen molar-refractivity contribution in [2.45, 2.75) is 6.92 Å². The maximum Gasteiger partial charge on any atom is 0.0468 e. The molecule has 8 rings (SSSR count). The minimum atomic E-state index is 1.08. The molecule has 0 amide bonds. The Balaban J connectivity index is 1.30. The Kier molecular flexibility index (Phi) is 9.95. The lowest BCUT2D eigenvalue weighted by atomic mass is 9.87. The van der Waals surface area contributed by atoms with Gasteiger partial charge in [0.25, 0.3) is 0 Å². The highest BCUT2D eigenvalue weighted by atomic mass is 15.1. The van der Waals surface area contributed by atoms with Gasteiger partial charge in [-0.2, -0.15) is 0 Å². The first-order valence-corrected chi connectivity index (χ1v) is 18.5. The van der Waals surface area contributed by atoms with Gasteiger partial charge in [-0.05, 0) is 110 Å². The van der Waals surface area contributed by atoms with E-state index in [1.54, 1.807) is 0 Å². The van der Waals surface area contributed by atoms with Crippen LogP contribution in [0.4, 0.5) is 17.1 Å². The van der Waals surface area contributed by atoms with Crippen molar-refractivity contribution in [3.8, 4) is 44.5 Å². The third-order valence-corrected chi connectivity index (χ3v) is 9.98. The van der Waals surface area contributed by atoms with E-state index in [1.807, 2.05) is 13.0 Å². The van der Waals surface area contributed by atoms with Gasteiger partial charge >= 0.3 is 0 Å². The van der Waals surface area contributed by atoms with Crippen LogP contribution in [0.25, 0.3) is 60.9 Å². The lowest BCUT2D eigenvalue weighted by Crippen LogP contribution is -2.10. The highest BCUT2D eigenvalue weighted by Crippen LogP contribution is 2.44. The molecule has 0 aliphatic heterocycles. The molecular weight excluding hydrogens is 651 g/mol. The standard InChI is InChI=1S/C53H41N/c1-3-16-39(17-4-2)41-28-32-45(33-29-41)54(46-34-30-42(31-35-46)40-18-7-5-8-19-40)47-36-37-52(53(38-47)44-20-9-6-10-21-44)51-26-14-13-25-50(51)49-27-15-23-43-22-11-12-24-48(43)49/h3-38H,1H2,2H3/b17-4-,39-16+. The summed E-state index contributed by atoms with van der Waals surface area (Å²) in [6.45, 7) is 5.98. The average molecular weight is 692 g/mol. The Hall–Kier alpha value is -6.96. The van der Waals surface area contributed by atoms with Gasteiger partial charge in [0.1, 0.15) is 0 Å². The Labute approximate surface area is 319 Å². The van der Waals surface area contributed by atoms with E-state index in [9.17, 15) is 0 Å². The Morgan fingerprint density at radius 3 is 1.65 bits per heavy atom. The quantitative estimate of drug-likeness (QED) is 0.129. The molecule has 0 saturated carbocycles. The van der Waals surface area contributed by atoms with Gasteiger partial charge in [0.15, 0.2) is 0 Å². The van der Waals surface area contributed by atoms with Crippen LogP contribution >= 0.6 is 0 Å². The van der Waals surface area contributed by atoms with Crippen molar-refractivity contribution in [2.75, 3.05) is 4.90 Å². The van der Waals surface area contributed by atoms with E-state index >= 15 is 0 Å². The zero-order valence-corrected chi connectivity index (χ0v) is 30.4. The molecule has 1 heteroatoms. The minimum Gasteiger partial charge on any atom is -0.310 e. The van der Waals surface area contributed by atoms with E-state index in [0.717, 1.165) is 28.2 Å². The first kappa shape index (κ1) is 34.1. The predicted octanol–water partition coefficient (Wildman–Crippen LogP) is 15.1. The summed E-state index contributed by atoms with van der Waals surface area (Å²) in [5, 5.41) is 2.49. The molecule has 0 aliphatic carbocycles. The van der Waals surface area contributed by atoms with Gasteiger partial charge in [-0.3, -0.25) is 0 Å². The summed E-state index contributed by atoms with van der Waals surface area (Å²) >= 11 is 0. The number of hydrogen-bond acceptors (Lipinski definition) is 1. The van der Waals surface area contributed by atoms with Crippen LogP contribution in [0.5, 0.6) is 0 Å². The third-order valence-electron chi connectivity index (χ3n) is 9.98. The van der Waals surface area contributed by atoms with E-state index in [1.165, 1.54) is 55.3 Å². The van der Waals surface area contributed by atoms with Crippen molar-refractivity contribution in [1.29, 1.82) is 0 Å². The van der Waals surface area contributed by atoms with Crippen molar-refractivity contribution in [3.63, 3.8) is 0 Å². The molecule has 0 heterocycles. The number of allylic oxidation sites excluding steroid dienone is 5. The molecule has 54 heavy (non-hydrogen) atoms. The topological polar surface area (TPSA) is 3.24 Å². The van der Waals surface area contributed by atoms with Gasteiger partial charge in [0.2, 0.25) is 0 Å². The molecule has 0 radical (unpaired) electrons. The summed E-state index contributed by atoms with van der Waals surface area (Å²) in [7, 11) is 0. The summed E-state index contributed by atoms with van der Waals surface area (Å²) in [5.41, 5.74) is 15.1. The van der Waals surface area contributed by atoms with Crippen molar-refractivity contribution in [1.82, 2.24) is 0 Å². The van der Waals surface area contributed by atoms with Crippen LogP contribution in [0.15, 0.2) is 225 Å². The van der Waals surface area contributed by atoms with Gasteiger partial charge in [-0.15, -0.1) is 0 Å². The fraction of sp³-hybridized carbons (Fsp3) is 0.0189. The first-order valence-electron chi connectivity index (χ1n) is 18.5. The Bertz CT molecular complexity index is 2590. The number of hydrogen-bond donors (Lipinski definition) is 0. The zero-order valence-electron chi connectivity index (χ0n) is 30.4. The molecule has 0 N–H and O–H groups in total. The van der Waals surface area contributed by atoms with Crippen LogP contribution in [0, 0.1) is 0 Å². The van der Waals surface area contributed by atoms with Gasteiger partial charge in [0.05, 0.1) is 0 Å². The molecule has 0 fully saturated rings. The van der Waals surface area contributed by atoms with Crippen LogP contribution in [0.3, 0.4) is 0 Å². The normalized spacial score (nSPS) is 11.5. The maximum atomic E-state index is 3.94. The molecule has 258 valence electrons. The molecule has 0 atom stereocenters. The van der Waals surface area contributed by atoms with Crippen LogP contribution in [-0.2, 0) is 0 Å². The smallest absolute Gasteiger partial charge is 0.0468 e. The molecular formula is C53H41N. The monoisotopic (exact) mass is 691 g/mol. The van der Waals surface area contributed by atoms with E-state index in [2.05, 4.69) is 224 Å². The van der Waals surface area contributed by atoms with Gasteiger partial charge in [0, 0.05) is 17.1 Å². The van der Waals surface area contributed by atoms with Crippen molar-refractivity contribution in [3.05, 3.63) is 231 Å². The number of anilines is 3. The highest BCUT2D eigenvalue weighted by Gasteiger charge is 2.19. The van der Waals surface area contributed by atoms with Gasteiger partial charge in [-0.1, -0.05) is 189 Å². The summed E-state index contributed by atoms with van der Waals surface area (Å²) in [4.78, 5) is 2.36. The van der Waals surface area contributed by atoms with Crippen LogP contribution in [0.1, 0.15) is 12.5 Å². The lowest BCUT2D eigenvalue weighted by Gasteiger charge is -2.27. The summed E-state index contributed by atoms with van der Waals surface area (Å²) in [6.07, 6.45) is 8.08. The van der Waals surface area contributed by atoms with Crippen LogP contribution in [-0.4, -0.2) is 0 Å². The molecule has 0 unspecified atom stereocenters. The fourth-order valence-corrected chi connectivity index (χ4v) is 7.41. The lowest BCUT2D eigenvalue weighted by molar-refractivity contribution is 1.28. The molecule has 0 bridgehead atoms. The second-order valence-corrected chi connectivity index (χ2v) is 13.3. The predicted molar refractivity (Wildman–Crippen MR) is 233 cm³/mol. The number of rotatable bonds is 10. The number of fused-ring (bicyclic) bond motifs is 1. The highest BCUT2D eigenvalue weighted by molar-refractivity contribution is 6.02. The summed E-state index contributed by atoms with van der Waals surface area (Å²) in [6, 6.07) is 70.0. The fourth-order valence-electron chi connectivity index (χ4n) is 7.41. The Morgan fingerprint density at radius 1 is 0.444 bits per heavy atom. The number of nitrogens with zero attached hydrogens (tertiary/aromatic N) is 1. The van der Waals surface area contributed by atoms with Crippen molar-refractivity contribution < 1.29 is 0 Å². The Morgan fingerprint density at radius 2 is 0.963 bits per heavy atom. The molecule has 0 aliphatic rings. The second-order valence-electron chi connectivity index (χ2n) is 13.3. The van der Waals surface area contributed by atoms with Gasteiger partial charge in [-0.25, -0.2) is 0 Å². The van der Waals surface area contributed by atoms with Gasteiger partial charge < -0.3 is 4.90 Å². The molecule has 0 saturated heterocycles. The van der Waals surface area contributed by atoms with E-state index in [-0.39, 0.29) is 0 Å². The number of benzene rings is 8. The average Bonchev–Trinajstić information content (AvgIpc) is 3.25. The summed E-state index contributed by atoms with van der Waals surface area (Å²) in [5.74, 6) is 0. The van der Waals surface area contributed by atoms with E-state index < -0.39 is 0 Å². The third kappa shape index (κ3) is 6.96. The summed E-state index contributed by atoms with van der Waals surface area (Å²) < 4.78 is 0. The molecule has 8 aromatic rings. The molecule has 8 aromatic carbocycles.